The van der Waals surface area contributed by atoms with E-state index < -0.39 is 11.4 Å². The predicted molar refractivity (Wildman–Crippen MR) is 71.3 cm³/mol. The molecule has 1 aliphatic carbocycles. The highest BCUT2D eigenvalue weighted by molar-refractivity contribution is 8.03. The van der Waals surface area contributed by atoms with E-state index >= 15 is 0 Å². The molecule has 1 heterocycles. The molecule has 17 heavy (non-hydrogen) atoms. The first kappa shape index (κ1) is 13.1. The molecule has 1 aromatic rings. The highest BCUT2D eigenvalue weighted by Crippen LogP contribution is 2.40. The van der Waals surface area contributed by atoms with Crippen molar-refractivity contribution in [1.82, 2.24) is 10.2 Å². The Morgan fingerprint density at radius 1 is 1.53 bits per heavy atom. The number of thioether (sulfide) groups is 2. The third-order valence-corrected chi connectivity index (χ3v) is 6.08. The largest absolute Gasteiger partial charge is 0.368 e. The molecule has 0 saturated heterocycles. The minimum absolute atomic E-state index is 0.315. The lowest BCUT2D eigenvalue weighted by atomic mass is 9.99. The molecule has 2 atom stereocenters. The number of amides is 1. The fraction of sp³-hybridized carbons (Fsp3) is 0.667. The average molecular weight is 290 g/mol. The van der Waals surface area contributed by atoms with E-state index in [4.69, 9.17) is 11.5 Å². The molecular formula is C9H14N4OS3. The summed E-state index contributed by atoms with van der Waals surface area (Å²) in [6.45, 7) is 0. The third kappa shape index (κ3) is 2.93. The van der Waals surface area contributed by atoms with Crippen molar-refractivity contribution in [1.29, 1.82) is 0 Å². The second-order valence-corrected chi connectivity index (χ2v) is 7.62. The second-order valence-electron chi connectivity index (χ2n) is 4.04. The SMILES string of the molecule is CSc1nnc(SC2CCC(N)(C(N)=O)C2)s1. The molecule has 0 spiro atoms. The summed E-state index contributed by atoms with van der Waals surface area (Å²) >= 11 is 4.81. The lowest BCUT2D eigenvalue weighted by Crippen LogP contribution is -2.50. The summed E-state index contributed by atoms with van der Waals surface area (Å²) in [6.07, 6.45) is 4.16. The smallest absolute Gasteiger partial charge is 0.237 e. The monoisotopic (exact) mass is 290 g/mol. The van der Waals surface area contributed by atoms with Gasteiger partial charge in [0.2, 0.25) is 5.91 Å². The van der Waals surface area contributed by atoms with E-state index in [-0.39, 0.29) is 0 Å². The summed E-state index contributed by atoms with van der Waals surface area (Å²) in [5.41, 5.74) is 10.4. The summed E-state index contributed by atoms with van der Waals surface area (Å²) in [5.74, 6) is -0.400. The van der Waals surface area contributed by atoms with Gasteiger partial charge in [0.05, 0.1) is 5.54 Å². The first-order valence-electron chi connectivity index (χ1n) is 5.16. The number of hydrogen-bond acceptors (Lipinski definition) is 7. The van der Waals surface area contributed by atoms with E-state index in [0.29, 0.717) is 18.1 Å². The number of hydrogen-bond donors (Lipinski definition) is 2. The van der Waals surface area contributed by atoms with Crippen LogP contribution in [0.4, 0.5) is 0 Å². The topological polar surface area (TPSA) is 94.9 Å². The van der Waals surface area contributed by atoms with Gasteiger partial charge in [-0.15, -0.1) is 10.2 Å². The molecule has 1 aromatic heterocycles. The zero-order chi connectivity index (χ0) is 12.5. The van der Waals surface area contributed by atoms with E-state index in [1.54, 1.807) is 34.9 Å². The summed E-state index contributed by atoms with van der Waals surface area (Å²) in [7, 11) is 0. The van der Waals surface area contributed by atoms with Gasteiger partial charge in [0, 0.05) is 5.25 Å². The number of primary amides is 1. The van der Waals surface area contributed by atoms with Crippen molar-refractivity contribution in [3.05, 3.63) is 0 Å². The fourth-order valence-electron chi connectivity index (χ4n) is 1.82. The van der Waals surface area contributed by atoms with Crippen LogP contribution in [0.25, 0.3) is 0 Å². The van der Waals surface area contributed by atoms with Crippen molar-refractivity contribution in [3.63, 3.8) is 0 Å². The molecule has 1 aliphatic rings. The van der Waals surface area contributed by atoms with Crippen LogP contribution in [-0.4, -0.2) is 33.1 Å². The van der Waals surface area contributed by atoms with Gasteiger partial charge < -0.3 is 11.5 Å². The Bertz CT molecular complexity index is 424. The number of aromatic nitrogens is 2. The number of nitrogens with two attached hydrogens (primary N) is 2. The molecule has 94 valence electrons. The molecule has 2 rings (SSSR count). The Hall–Kier alpha value is -0.310. The molecule has 2 unspecified atom stereocenters. The van der Waals surface area contributed by atoms with Crippen LogP contribution in [0, 0.1) is 0 Å². The number of rotatable bonds is 4. The van der Waals surface area contributed by atoms with E-state index in [2.05, 4.69) is 10.2 Å². The van der Waals surface area contributed by atoms with Gasteiger partial charge >= 0.3 is 0 Å². The maximum Gasteiger partial charge on any atom is 0.237 e. The van der Waals surface area contributed by atoms with Gasteiger partial charge in [0.1, 0.15) is 0 Å². The van der Waals surface area contributed by atoms with Crippen LogP contribution in [0.3, 0.4) is 0 Å². The molecule has 8 heteroatoms. The summed E-state index contributed by atoms with van der Waals surface area (Å²) in [4.78, 5) is 11.2. The molecule has 1 saturated carbocycles. The van der Waals surface area contributed by atoms with Crippen molar-refractivity contribution in [3.8, 4) is 0 Å². The van der Waals surface area contributed by atoms with Gasteiger partial charge in [-0.05, 0) is 25.5 Å². The van der Waals surface area contributed by atoms with Gasteiger partial charge in [0.15, 0.2) is 8.68 Å². The van der Waals surface area contributed by atoms with Crippen molar-refractivity contribution in [2.24, 2.45) is 11.5 Å². The van der Waals surface area contributed by atoms with Crippen LogP contribution in [0.15, 0.2) is 8.68 Å². The van der Waals surface area contributed by atoms with Gasteiger partial charge in [-0.2, -0.15) is 0 Å². The van der Waals surface area contributed by atoms with Gasteiger partial charge in [-0.1, -0.05) is 34.9 Å². The van der Waals surface area contributed by atoms with E-state index in [1.807, 2.05) is 6.26 Å². The van der Waals surface area contributed by atoms with Crippen LogP contribution in [0.1, 0.15) is 19.3 Å². The summed E-state index contributed by atoms with van der Waals surface area (Å²) < 4.78 is 1.90. The van der Waals surface area contributed by atoms with Crippen molar-refractivity contribution < 1.29 is 4.79 Å². The van der Waals surface area contributed by atoms with Crippen molar-refractivity contribution >= 4 is 40.8 Å². The van der Waals surface area contributed by atoms with Crippen LogP contribution >= 0.6 is 34.9 Å². The Morgan fingerprint density at radius 2 is 2.24 bits per heavy atom. The zero-order valence-electron chi connectivity index (χ0n) is 9.38. The molecule has 1 amide bonds. The number of nitrogens with zero attached hydrogens (tertiary/aromatic N) is 2. The van der Waals surface area contributed by atoms with Crippen molar-refractivity contribution in [2.75, 3.05) is 6.26 Å². The second kappa shape index (κ2) is 5.13. The molecule has 0 aromatic carbocycles. The molecule has 1 fully saturated rings. The molecule has 5 nitrogen and oxygen atoms in total. The van der Waals surface area contributed by atoms with E-state index in [0.717, 1.165) is 15.1 Å². The minimum Gasteiger partial charge on any atom is -0.368 e. The molecule has 4 N–H and O–H groups in total. The first-order chi connectivity index (χ1) is 8.03. The van der Waals surface area contributed by atoms with Gasteiger partial charge in [0.25, 0.3) is 0 Å². The molecule has 0 bridgehead atoms. The van der Waals surface area contributed by atoms with Crippen LogP contribution < -0.4 is 11.5 Å². The maximum absolute atomic E-state index is 11.2. The summed E-state index contributed by atoms with van der Waals surface area (Å²) in [6, 6.07) is 0. The van der Waals surface area contributed by atoms with E-state index in [1.165, 1.54) is 0 Å². The minimum atomic E-state index is -0.829. The van der Waals surface area contributed by atoms with Gasteiger partial charge in [-0.25, -0.2) is 0 Å². The van der Waals surface area contributed by atoms with Gasteiger partial charge in [-0.3, -0.25) is 4.79 Å². The zero-order valence-corrected chi connectivity index (χ0v) is 11.8. The highest BCUT2D eigenvalue weighted by atomic mass is 32.2. The van der Waals surface area contributed by atoms with Crippen LogP contribution in [0.2, 0.25) is 0 Å². The maximum atomic E-state index is 11.2. The number of carbonyl (C=O) groups is 1. The Morgan fingerprint density at radius 3 is 2.76 bits per heavy atom. The Labute approximate surface area is 112 Å². The molecule has 0 radical (unpaired) electrons. The predicted octanol–water partition coefficient (Wildman–Crippen LogP) is 1.09. The fourth-order valence-corrected chi connectivity index (χ4v) is 4.81. The number of carbonyl (C=O) groups excluding carboxylic acids is 1. The third-order valence-electron chi connectivity index (χ3n) is 2.83. The average Bonchev–Trinajstić information content (AvgIpc) is 2.87. The Kier molecular flexibility index (Phi) is 3.96. The normalized spacial score (nSPS) is 28.5. The quantitative estimate of drug-likeness (QED) is 0.806. The Balaban J connectivity index is 1.96. The molecular weight excluding hydrogens is 276 g/mol. The van der Waals surface area contributed by atoms with Crippen LogP contribution in [0.5, 0.6) is 0 Å². The van der Waals surface area contributed by atoms with Crippen LogP contribution in [-0.2, 0) is 4.79 Å². The van der Waals surface area contributed by atoms with E-state index in [9.17, 15) is 4.79 Å². The van der Waals surface area contributed by atoms with Crippen molar-refractivity contribution in [2.45, 2.75) is 38.7 Å². The summed E-state index contributed by atoms with van der Waals surface area (Å²) in [5, 5.41) is 8.45. The first-order valence-corrected chi connectivity index (χ1v) is 8.08. The lowest BCUT2D eigenvalue weighted by Gasteiger charge is -2.18. The highest BCUT2D eigenvalue weighted by Gasteiger charge is 2.41. The standard InChI is InChI=1S/C9H14N4OS3/c1-15-7-12-13-8(17-7)16-5-2-3-9(11,4-5)6(10)14/h5H,2-4,11H2,1H3,(H2,10,14). The molecule has 0 aliphatic heterocycles. The lowest BCUT2D eigenvalue weighted by molar-refractivity contribution is -0.122.